The van der Waals surface area contributed by atoms with Gasteiger partial charge < -0.3 is 10.1 Å². The summed E-state index contributed by atoms with van der Waals surface area (Å²) in [4.78, 5) is 15.5. The molecule has 0 amide bonds. The largest absolute Gasteiger partial charge is 0.469 e. The molecule has 1 aliphatic rings. The fourth-order valence-electron chi connectivity index (χ4n) is 1.94. The van der Waals surface area contributed by atoms with E-state index in [-0.39, 0.29) is 12.4 Å². The van der Waals surface area contributed by atoms with Gasteiger partial charge in [0, 0.05) is 11.9 Å². The number of hydrogen-bond acceptors (Lipinski definition) is 5. The van der Waals surface area contributed by atoms with Crippen molar-refractivity contribution >= 4 is 22.4 Å². The molecule has 0 spiro atoms. The summed E-state index contributed by atoms with van der Waals surface area (Å²) < 4.78 is 4.61. The van der Waals surface area contributed by atoms with Gasteiger partial charge in [0.25, 0.3) is 0 Å². The van der Waals surface area contributed by atoms with E-state index in [0.29, 0.717) is 5.41 Å². The number of carbonyl (C=O) groups is 1. The number of thiazole rings is 1. The quantitative estimate of drug-likeness (QED) is 0.820. The molecule has 0 atom stereocenters. The van der Waals surface area contributed by atoms with Crippen LogP contribution >= 0.6 is 11.3 Å². The second kappa shape index (κ2) is 5.04. The first-order chi connectivity index (χ1) is 8.11. The van der Waals surface area contributed by atoms with E-state index in [1.54, 1.807) is 11.3 Å². The number of nitrogens with one attached hydrogen (secondary N) is 1. The molecular weight excluding hydrogens is 236 g/mol. The summed E-state index contributed by atoms with van der Waals surface area (Å²) in [7, 11) is 1.39. The lowest BCUT2D eigenvalue weighted by atomic mass is 9.70. The number of esters is 1. The Morgan fingerprint density at radius 1 is 1.65 bits per heavy atom. The lowest BCUT2D eigenvalue weighted by molar-refractivity contribution is -0.139. The van der Waals surface area contributed by atoms with E-state index in [1.807, 2.05) is 5.38 Å². The number of nitrogens with zero attached hydrogens (tertiary/aromatic N) is 1. The van der Waals surface area contributed by atoms with Gasteiger partial charge in [0.15, 0.2) is 5.13 Å². The van der Waals surface area contributed by atoms with Crippen molar-refractivity contribution < 1.29 is 9.53 Å². The summed E-state index contributed by atoms with van der Waals surface area (Å²) in [6.07, 6.45) is 4.18. The minimum absolute atomic E-state index is 0.243. The highest BCUT2D eigenvalue weighted by Gasteiger charge is 2.31. The summed E-state index contributed by atoms with van der Waals surface area (Å²) in [6, 6.07) is 0. The number of ether oxygens (including phenoxy) is 1. The Morgan fingerprint density at radius 2 is 2.41 bits per heavy atom. The van der Waals surface area contributed by atoms with Crippen LogP contribution in [-0.2, 0) is 16.0 Å². The van der Waals surface area contributed by atoms with Crippen LogP contribution in [0.3, 0.4) is 0 Å². The third-order valence-electron chi connectivity index (χ3n) is 3.33. The lowest BCUT2D eigenvalue weighted by Crippen LogP contribution is -2.33. The molecule has 0 aromatic carbocycles. The summed E-state index contributed by atoms with van der Waals surface area (Å²) >= 11 is 1.55. The van der Waals surface area contributed by atoms with Crippen molar-refractivity contribution in [2.75, 3.05) is 19.0 Å². The first-order valence-electron chi connectivity index (χ1n) is 5.86. The molecule has 1 saturated carbocycles. The van der Waals surface area contributed by atoms with Gasteiger partial charge in [-0.15, -0.1) is 11.3 Å². The number of carbonyl (C=O) groups excluding carboxylic acids is 1. The average Bonchev–Trinajstić information content (AvgIpc) is 2.71. The van der Waals surface area contributed by atoms with Crippen molar-refractivity contribution in [1.82, 2.24) is 4.98 Å². The molecule has 0 unspecified atom stereocenters. The third kappa shape index (κ3) is 3.19. The molecule has 1 aromatic rings. The Hall–Kier alpha value is -1.10. The summed E-state index contributed by atoms with van der Waals surface area (Å²) in [6.45, 7) is 3.27. The van der Waals surface area contributed by atoms with E-state index >= 15 is 0 Å². The molecule has 0 radical (unpaired) electrons. The van der Waals surface area contributed by atoms with Crippen LogP contribution in [0.25, 0.3) is 0 Å². The minimum atomic E-state index is -0.243. The topological polar surface area (TPSA) is 51.2 Å². The third-order valence-corrected chi connectivity index (χ3v) is 4.18. The first-order valence-corrected chi connectivity index (χ1v) is 6.74. The summed E-state index contributed by atoms with van der Waals surface area (Å²) in [5, 5.41) is 6.16. The van der Waals surface area contributed by atoms with Gasteiger partial charge in [-0.3, -0.25) is 4.79 Å². The first kappa shape index (κ1) is 12.4. The second-order valence-corrected chi connectivity index (χ2v) is 5.77. The number of anilines is 1. The molecule has 94 valence electrons. The van der Waals surface area contributed by atoms with Crippen LogP contribution in [0.5, 0.6) is 0 Å². The normalized spacial score (nSPS) is 17.3. The standard InChI is InChI=1S/C12H18N2O2S/c1-12(4-3-5-12)8-13-11-14-9(7-17-11)6-10(15)16-2/h7H,3-6,8H2,1-2H3,(H,13,14). The molecule has 5 heteroatoms. The molecule has 0 bridgehead atoms. The Morgan fingerprint density at radius 3 is 3.00 bits per heavy atom. The molecule has 17 heavy (non-hydrogen) atoms. The Bertz CT molecular complexity index is 399. The van der Waals surface area contributed by atoms with Gasteiger partial charge in [-0.1, -0.05) is 13.3 Å². The molecule has 1 aliphatic carbocycles. The van der Waals surface area contributed by atoms with Gasteiger partial charge in [-0.25, -0.2) is 4.98 Å². The Balaban J connectivity index is 1.83. The van der Waals surface area contributed by atoms with Gasteiger partial charge in [-0.2, -0.15) is 0 Å². The zero-order valence-corrected chi connectivity index (χ0v) is 11.1. The number of methoxy groups -OCH3 is 1. The number of hydrogen-bond donors (Lipinski definition) is 1. The summed E-state index contributed by atoms with van der Waals surface area (Å²) in [5.74, 6) is -0.243. The molecule has 2 rings (SSSR count). The van der Waals surface area contributed by atoms with Crippen molar-refractivity contribution in [2.45, 2.75) is 32.6 Å². The van der Waals surface area contributed by atoms with Gasteiger partial charge >= 0.3 is 5.97 Å². The highest BCUT2D eigenvalue weighted by atomic mass is 32.1. The predicted octanol–water partition coefficient (Wildman–Crippen LogP) is 2.46. The Labute approximate surface area is 105 Å². The van der Waals surface area contributed by atoms with Crippen molar-refractivity contribution in [3.63, 3.8) is 0 Å². The van der Waals surface area contributed by atoms with Crippen molar-refractivity contribution in [1.29, 1.82) is 0 Å². The maximum atomic E-state index is 11.1. The summed E-state index contributed by atoms with van der Waals surface area (Å²) in [5.41, 5.74) is 1.22. The van der Waals surface area contributed by atoms with E-state index < -0.39 is 0 Å². The van der Waals surface area contributed by atoms with Crippen LogP contribution in [-0.4, -0.2) is 24.6 Å². The van der Waals surface area contributed by atoms with E-state index in [2.05, 4.69) is 22.0 Å². The predicted molar refractivity (Wildman–Crippen MR) is 68.3 cm³/mol. The zero-order valence-electron chi connectivity index (χ0n) is 10.3. The number of aromatic nitrogens is 1. The molecule has 4 nitrogen and oxygen atoms in total. The van der Waals surface area contributed by atoms with Crippen LogP contribution < -0.4 is 5.32 Å². The monoisotopic (exact) mass is 254 g/mol. The van der Waals surface area contributed by atoms with E-state index in [4.69, 9.17) is 0 Å². The van der Waals surface area contributed by atoms with Gasteiger partial charge in [0.2, 0.25) is 0 Å². The lowest BCUT2D eigenvalue weighted by Gasteiger charge is -2.38. The Kier molecular flexibility index (Phi) is 3.66. The maximum Gasteiger partial charge on any atom is 0.311 e. The fourth-order valence-corrected chi connectivity index (χ4v) is 2.64. The van der Waals surface area contributed by atoms with Gasteiger partial charge in [0.1, 0.15) is 0 Å². The van der Waals surface area contributed by atoms with Crippen LogP contribution in [0.1, 0.15) is 31.9 Å². The van der Waals surface area contributed by atoms with Crippen LogP contribution in [0.15, 0.2) is 5.38 Å². The van der Waals surface area contributed by atoms with Crippen molar-refractivity contribution in [3.8, 4) is 0 Å². The highest BCUT2D eigenvalue weighted by Crippen LogP contribution is 2.40. The molecule has 1 heterocycles. The molecular formula is C12H18N2O2S. The number of rotatable bonds is 5. The van der Waals surface area contributed by atoms with Crippen LogP contribution in [0.4, 0.5) is 5.13 Å². The molecule has 1 aromatic heterocycles. The SMILES string of the molecule is COC(=O)Cc1csc(NCC2(C)CCC2)n1. The smallest absolute Gasteiger partial charge is 0.311 e. The molecule has 1 N–H and O–H groups in total. The van der Waals surface area contributed by atoms with E-state index in [9.17, 15) is 4.79 Å². The van der Waals surface area contributed by atoms with Crippen LogP contribution in [0.2, 0.25) is 0 Å². The van der Waals surface area contributed by atoms with Gasteiger partial charge in [0.05, 0.1) is 19.2 Å². The molecule has 0 aliphatic heterocycles. The fraction of sp³-hybridized carbons (Fsp3) is 0.667. The maximum absolute atomic E-state index is 11.1. The van der Waals surface area contributed by atoms with Crippen LogP contribution in [0, 0.1) is 5.41 Å². The van der Waals surface area contributed by atoms with Crippen molar-refractivity contribution in [3.05, 3.63) is 11.1 Å². The van der Waals surface area contributed by atoms with E-state index in [1.165, 1.54) is 26.4 Å². The van der Waals surface area contributed by atoms with Crippen molar-refractivity contribution in [2.24, 2.45) is 5.41 Å². The zero-order chi connectivity index (χ0) is 12.3. The van der Waals surface area contributed by atoms with Gasteiger partial charge in [-0.05, 0) is 18.3 Å². The molecule has 1 fully saturated rings. The second-order valence-electron chi connectivity index (χ2n) is 4.91. The molecule has 0 saturated heterocycles. The minimum Gasteiger partial charge on any atom is -0.469 e. The highest BCUT2D eigenvalue weighted by molar-refractivity contribution is 7.13. The average molecular weight is 254 g/mol. The van der Waals surface area contributed by atoms with E-state index in [0.717, 1.165) is 17.4 Å².